The first kappa shape index (κ1) is 102. The summed E-state index contributed by atoms with van der Waals surface area (Å²) in [7, 11) is 0. The van der Waals surface area contributed by atoms with Gasteiger partial charge in [0, 0.05) is 19.3 Å². The number of carboxylic acids is 2. The highest BCUT2D eigenvalue weighted by Crippen LogP contribution is 2.14. The molecule has 0 aliphatic carbocycles. The maximum Gasteiger partial charge on any atom is 0.303 e. The number of aliphatic carboxylic acids is 2. The molecule has 638 valence electrons. The van der Waals surface area contributed by atoms with Crippen LogP contribution in [0.15, 0.2) is 0 Å². The molecule has 0 aromatic rings. The van der Waals surface area contributed by atoms with E-state index >= 15 is 0 Å². The standard InChI is InChI=1S/C67H113ClN20O25/c1-11-34(8)55(64(110)76-26-47(95)74-25-46(94)72-24-44(71)92)87-62(108)41(22-31(2)3)80-49(97)28-77-65(111)56(36(10)90)88-63(109)42(30-89)84-66(112)54(33(6)7)86-67(113)53(32(4)5)85-50(98)29-75-57(103)35(9)78-58(104)37(14-12-13-21-69)81-60(106)39(16-19-51(99)100)83-61(107)40(17-20-52(101)102)82-59(105)38(15-18-43(70)91)79-48(96)27-73-45(93)23-68/h31-42,53-56,89-90H,11-30,69H2,1-10H3,(H2,70,91)(H2,71,92)(H,72,94)(H,73,93)(H,74,95)(H,75,103)(H,76,110)(H,77,111)(H,78,104)(H,79,96)(H,80,97)(H,81,106)(H,82,105)(H,83,107)(H,84,112)(H,85,98)(H,86,113)(H,87,108)(H,88,109)(H,99,100)(H,101,102)/t34-,35-,36+,37-,38-,39-,40-,41-,42-,53-,54-,55-,56-/m0/s1. The minimum absolute atomic E-state index is 0.0160. The minimum Gasteiger partial charge on any atom is -0.481 e. The maximum atomic E-state index is 14.0. The lowest BCUT2D eigenvalue weighted by Gasteiger charge is -2.29. The van der Waals surface area contributed by atoms with Crippen molar-refractivity contribution in [2.75, 3.05) is 58.3 Å². The number of amides is 19. The van der Waals surface area contributed by atoms with E-state index in [1.54, 1.807) is 27.7 Å². The molecular formula is C67H113ClN20O25. The highest BCUT2D eigenvalue weighted by atomic mass is 35.5. The number of hydrogen-bond acceptors (Lipinski definition) is 24. The molecule has 0 aliphatic rings. The predicted octanol–water partition coefficient (Wildman–Crippen LogP) is -10.3. The van der Waals surface area contributed by atoms with E-state index in [9.17, 15) is 121 Å². The lowest BCUT2D eigenvalue weighted by molar-refractivity contribution is -0.140. The largest absolute Gasteiger partial charge is 0.481 e. The van der Waals surface area contributed by atoms with Crippen molar-refractivity contribution in [3.63, 3.8) is 0 Å². The fraction of sp³-hybridized carbons (Fsp3) is 0.687. The van der Waals surface area contributed by atoms with Crippen LogP contribution in [0.1, 0.15) is 140 Å². The Morgan fingerprint density at radius 3 is 1.17 bits per heavy atom. The third-order valence-corrected chi connectivity index (χ3v) is 16.8. The molecule has 13 atom stereocenters. The molecule has 0 unspecified atom stereocenters. The summed E-state index contributed by atoms with van der Waals surface area (Å²) in [4.78, 5) is 272. The molecule has 45 nitrogen and oxygen atoms in total. The maximum absolute atomic E-state index is 14.0. The van der Waals surface area contributed by atoms with Gasteiger partial charge in [0.25, 0.3) is 0 Å². The van der Waals surface area contributed by atoms with Crippen LogP contribution < -0.4 is 108 Å². The number of aliphatic hydroxyl groups excluding tert-OH is 2. The Morgan fingerprint density at radius 1 is 0.354 bits per heavy atom. The number of aliphatic hydroxyl groups is 2. The number of unbranched alkanes of at least 4 members (excludes halogenated alkanes) is 1. The van der Waals surface area contributed by atoms with Crippen molar-refractivity contribution in [2.45, 2.75) is 212 Å². The van der Waals surface area contributed by atoms with Crippen molar-refractivity contribution >= 4 is 136 Å². The molecular weight excluding hydrogens is 1520 g/mol. The van der Waals surface area contributed by atoms with E-state index in [2.05, 4.69) is 90.4 Å². The van der Waals surface area contributed by atoms with Crippen LogP contribution >= 0.6 is 11.6 Å². The zero-order chi connectivity index (χ0) is 86.5. The second-order valence-electron chi connectivity index (χ2n) is 27.4. The predicted molar refractivity (Wildman–Crippen MR) is 397 cm³/mol. The van der Waals surface area contributed by atoms with Crippen LogP contribution in [0.2, 0.25) is 0 Å². The van der Waals surface area contributed by atoms with Gasteiger partial charge in [-0.05, 0) is 89.0 Å². The molecule has 19 amide bonds. The summed E-state index contributed by atoms with van der Waals surface area (Å²) in [5.74, 6) is -24.2. The third-order valence-electron chi connectivity index (χ3n) is 16.5. The van der Waals surface area contributed by atoms with Crippen LogP contribution in [-0.2, 0) is 101 Å². The SMILES string of the molecule is CC[C@H](C)[C@H](NC(=O)[C@H](CC(C)C)NC(=O)CNC(=O)[C@@H](NC(=O)[C@H](CO)NC(=O)[C@@H](NC(=O)[C@@H](NC(=O)CNC(=O)[C@H](C)NC(=O)[C@H](CCCCN)NC(=O)[C@H](CCC(=O)O)NC(=O)[C@H](CCC(=O)O)NC(=O)[C@H](CCC(N)=O)NC(=O)CNC(=O)CCl)C(C)C)C(C)C)[C@@H](C)O)C(=O)NCC(=O)NCC(=O)NCC(N)=O. The van der Waals surface area contributed by atoms with Gasteiger partial charge < -0.3 is 128 Å². The van der Waals surface area contributed by atoms with Crippen molar-refractivity contribution in [3.8, 4) is 0 Å². The summed E-state index contributed by atoms with van der Waals surface area (Å²) in [6, 6.07) is -17.5. The molecule has 0 spiro atoms. The van der Waals surface area contributed by atoms with Gasteiger partial charge in [-0.2, -0.15) is 0 Å². The molecule has 0 aromatic carbocycles. The molecule has 0 heterocycles. The molecule has 27 N–H and O–H groups in total. The lowest BCUT2D eigenvalue weighted by atomic mass is 9.96. The van der Waals surface area contributed by atoms with Crippen molar-refractivity contribution in [1.29, 1.82) is 0 Å². The number of carboxylic acid groups (broad SMARTS) is 2. The van der Waals surface area contributed by atoms with E-state index in [1.807, 2.05) is 0 Å². The van der Waals surface area contributed by atoms with Crippen LogP contribution in [0.25, 0.3) is 0 Å². The smallest absolute Gasteiger partial charge is 0.303 e. The number of alkyl halides is 1. The number of carbonyl (C=O) groups excluding carboxylic acids is 19. The Hall–Kier alpha value is -11.0. The first-order chi connectivity index (χ1) is 52.8. The molecule has 0 fully saturated rings. The van der Waals surface area contributed by atoms with E-state index in [1.165, 1.54) is 34.6 Å². The molecule has 0 bridgehead atoms. The number of primary amides is 2. The van der Waals surface area contributed by atoms with E-state index < -0.39 is 305 Å². The van der Waals surface area contributed by atoms with E-state index in [-0.39, 0.29) is 31.7 Å². The Balaban J connectivity index is 6.22. The van der Waals surface area contributed by atoms with Gasteiger partial charge in [-0.15, -0.1) is 11.6 Å². The number of rotatable bonds is 56. The Labute approximate surface area is 656 Å². The van der Waals surface area contributed by atoms with Gasteiger partial charge in [-0.1, -0.05) is 61.8 Å². The molecule has 0 aromatic heterocycles. The second kappa shape index (κ2) is 53.8. The average Bonchev–Trinajstić information content (AvgIpc) is 0.865. The number of nitrogens with one attached hydrogen (secondary N) is 17. The summed E-state index contributed by atoms with van der Waals surface area (Å²) in [5, 5.41) is 79.3. The number of halogens is 1. The van der Waals surface area contributed by atoms with Gasteiger partial charge in [-0.3, -0.25) is 101 Å². The summed E-state index contributed by atoms with van der Waals surface area (Å²) < 4.78 is 0. The van der Waals surface area contributed by atoms with Gasteiger partial charge >= 0.3 is 11.9 Å². The van der Waals surface area contributed by atoms with E-state index in [0.717, 1.165) is 6.92 Å². The van der Waals surface area contributed by atoms with Crippen molar-refractivity contribution in [3.05, 3.63) is 0 Å². The fourth-order valence-corrected chi connectivity index (χ4v) is 10.1. The molecule has 0 radical (unpaired) electrons. The third kappa shape index (κ3) is 42.3. The monoisotopic (exact) mass is 1630 g/mol. The summed E-state index contributed by atoms with van der Waals surface area (Å²) >= 11 is 5.44. The summed E-state index contributed by atoms with van der Waals surface area (Å²) in [6.45, 7) is 10.1. The summed E-state index contributed by atoms with van der Waals surface area (Å²) in [6.07, 6.45) is -4.86. The number of carbonyl (C=O) groups is 21. The van der Waals surface area contributed by atoms with Gasteiger partial charge in [0.1, 0.15) is 72.3 Å². The Kier molecular flexibility index (Phi) is 48.6. The Bertz CT molecular complexity index is 3330. The van der Waals surface area contributed by atoms with Gasteiger partial charge in [0.05, 0.1) is 52.0 Å². The quantitative estimate of drug-likeness (QED) is 0.0199. The second-order valence-corrected chi connectivity index (χ2v) is 27.7. The molecule has 113 heavy (non-hydrogen) atoms. The van der Waals surface area contributed by atoms with Crippen molar-refractivity contribution in [1.82, 2.24) is 90.4 Å². The molecule has 0 aliphatic heterocycles. The zero-order valence-electron chi connectivity index (χ0n) is 64.9. The topological polar surface area (TPSA) is 722 Å². The first-order valence-electron chi connectivity index (χ1n) is 36.3. The lowest BCUT2D eigenvalue weighted by Crippen LogP contribution is -2.62. The van der Waals surface area contributed by atoms with Gasteiger partial charge in [-0.25, -0.2) is 0 Å². The van der Waals surface area contributed by atoms with E-state index in [0.29, 0.717) is 12.8 Å². The Morgan fingerprint density at radius 2 is 0.717 bits per heavy atom. The van der Waals surface area contributed by atoms with Gasteiger partial charge in [0.15, 0.2) is 0 Å². The number of nitrogens with two attached hydrogens (primary N) is 3. The zero-order valence-corrected chi connectivity index (χ0v) is 65.6. The molecule has 0 saturated carbocycles. The molecule has 0 saturated heterocycles. The van der Waals surface area contributed by atoms with Crippen molar-refractivity contribution in [2.24, 2.45) is 40.9 Å². The van der Waals surface area contributed by atoms with Crippen LogP contribution in [0.5, 0.6) is 0 Å². The minimum atomic E-state index is -1.86. The van der Waals surface area contributed by atoms with E-state index in [4.69, 9.17) is 28.8 Å². The summed E-state index contributed by atoms with van der Waals surface area (Å²) in [5.41, 5.74) is 15.9. The van der Waals surface area contributed by atoms with Gasteiger partial charge in [0.2, 0.25) is 112 Å². The normalized spacial score (nSPS) is 14.4. The average molecular weight is 1630 g/mol. The highest BCUT2D eigenvalue weighted by molar-refractivity contribution is 6.27. The number of hydrogen-bond donors (Lipinski definition) is 24. The van der Waals surface area contributed by atoms with Crippen LogP contribution in [0.3, 0.4) is 0 Å². The van der Waals surface area contributed by atoms with Crippen LogP contribution in [0, 0.1) is 23.7 Å². The molecule has 46 heteroatoms. The molecule has 0 rings (SSSR count). The fourth-order valence-electron chi connectivity index (χ4n) is 9.98. The van der Waals surface area contributed by atoms with Crippen LogP contribution in [-0.4, -0.2) is 275 Å². The first-order valence-corrected chi connectivity index (χ1v) is 36.9. The highest BCUT2D eigenvalue weighted by Gasteiger charge is 2.38. The van der Waals surface area contributed by atoms with Crippen LogP contribution in [0.4, 0.5) is 0 Å². The van der Waals surface area contributed by atoms with Crippen molar-refractivity contribution < 1.29 is 121 Å².